The second-order valence-electron chi connectivity index (χ2n) is 10.1. The van der Waals surface area contributed by atoms with Crippen LogP contribution in [0.2, 0.25) is 0 Å². The molecule has 0 aliphatic carbocycles. The standard InChI is InChI=1S/C31H30F2N6O2/c1-37-10-12-38(13-11-37)24-7-8-26(29(18-24)41-2)34-30-5-3-4-27(35-30)31-25-16-20(6-9-28(25)39(19-40)36-31)21-14-22(32)17-23(33)15-21/h3-9,14-18,40H,10-13,19H2,1-2H3,(H,34,35). The summed E-state index contributed by atoms with van der Waals surface area (Å²) >= 11 is 0. The van der Waals surface area contributed by atoms with Gasteiger partial charge in [0, 0.05) is 49.4 Å². The number of rotatable bonds is 7. The highest BCUT2D eigenvalue weighted by Crippen LogP contribution is 2.35. The lowest BCUT2D eigenvalue weighted by atomic mass is 10.0. The largest absolute Gasteiger partial charge is 0.494 e. The normalized spacial score (nSPS) is 14.0. The van der Waals surface area contributed by atoms with Crippen LogP contribution in [0.25, 0.3) is 33.4 Å². The summed E-state index contributed by atoms with van der Waals surface area (Å²) in [5.74, 6) is -0.0172. The smallest absolute Gasteiger partial charge is 0.144 e. The minimum atomic E-state index is -0.654. The van der Waals surface area contributed by atoms with E-state index >= 15 is 0 Å². The van der Waals surface area contributed by atoms with Crippen molar-refractivity contribution in [2.45, 2.75) is 6.73 Å². The average molecular weight is 557 g/mol. The average Bonchev–Trinajstić information content (AvgIpc) is 3.35. The van der Waals surface area contributed by atoms with Gasteiger partial charge in [0.1, 0.15) is 35.6 Å². The van der Waals surface area contributed by atoms with E-state index in [0.29, 0.717) is 45.0 Å². The van der Waals surface area contributed by atoms with Gasteiger partial charge in [0.2, 0.25) is 0 Å². The molecule has 1 aliphatic heterocycles. The van der Waals surface area contributed by atoms with Crippen molar-refractivity contribution in [2.24, 2.45) is 0 Å². The molecule has 0 atom stereocenters. The van der Waals surface area contributed by atoms with Gasteiger partial charge >= 0.3 is 0 Å². The number of hydrogen-bond acceptors (Lipinski definition) is 7. The van der Waals surface area contributed by atoms with Crippen molar-refractivity contribution in [3.05, 3.63) is 84.4 Å². The fraction of sp³-hybridized carbons (Fsp3) is 0.226. The predicted molar refractivity (Wildman–Crippen MR) is 157 cm³/mol. The van der Waals surface area contributed by atoms with Gasteiger partial charge in [-0.25, -0.2) is 18.4 Å². The number of piperazine rings is 1. The first-order chi connectivity index (χ1) is 19.9. The molecule has 1 saturated heterocycles. The number of halogens is 2. The van der Waals surface area contributed by atoms with Crippen molar-refractivity contribution in [3.63, 3.8) is 0 Å². The number of nitrogens with one attached hydrogen (secondary N) is 1. The predicted octanol–water partition coefficient (Wildman–Crippen LogP) is 5.50. The van der Waals surface area contributed by atoms with E-state index in [-0.39, 0.29) is 6.73 Å². The number of pyridine rings is 1. The van der Waals surface area contributed by atoms with Crippen LogP contribution in [-0.4, -0.2) is 65.1 Å². The maximum atomic E-state index is 13.9. The van der Waals surface area contributed by atoms with E-state index in [1.54, 1.807) is 25.3 Å². The second-order valence-corrected chi connectivity index (χ2v) is 10.1. The van der Waals surface area contributed by atoms with Gasteiger partial charge in [-0.3, -0.25) is 0 Å². The molecule has 0 radical (unpaired) electrons. The van der Waals surface area contributed by atoms with E-state index in [4.69, 9.17) is 9.72 Å². The van der Waals surface area contributed by atoms with Crippen molar-refractivity contribution < 1.29 is 18.6 Å². The highest BCUT2D eigenvalue weighted by atomic mass is 19.1. The number of likely N-dealkylation sites (N-methyl/N-ethyl adjacent to an activating group) is 1. The van der Waals surface area contributed by atoms with Gasteiger partial charge in [-0.2, -0.15) is 5.10 Å². The summed E-state index contributed by atoms with van der Waals surface area (Å²) in [5.41, 5.74) is 4.69. The molecule has 1 aliphatic rings. The Morgan fingerprint density at radius 3 is 2.41 bits per heavy atom. The second kappa shape index (κ2) is 11.1. The Hall–Kier alpha value is -4.54. The number of aliphatic hydroxyl groups is 1. The number of aliphatic hydroxyl groups excluding tert-OH is 1. The molecular weight excluding hydrogens is 526 g/mol. The first-order valence-corrected chi connectivity index (χ1v) is 13.4. The van der Waals surface area contributed by atoms with Crippen molar-refractivity contribution >= 4 is 28.1 Å². The van der Waals surface area contributed by atoms with Crippen LogP contribution >= 0.6 is 0 Å². The number of benzene rings is 3. The van der Waals surface area contributed by atoms with Crippen LogP contribution in [0, 0.1) is 11.6 Å². The van der Waals surface area contributed by atoms with Gasteiger partial charge in [0.15, 0.2) is 0 Å². The summed E-state index contributed by atoms with van der Waals surface area (Å²) < 4.78 is 35.0. The van der Waals surface area contributed by atoms with Gasteiger partial charge in [-0.15, -0.1) is 0 Å². The number of hydrogen-bond donors (Lipinski definition) is 2. The third-order valence-corrected chi connectivity index (χ3v) is 7.39. The lowest BCUT2D eigenvalue weighted by Crippen LogP contribution is -2.44. The maximum absolute atomic E-state index is 13.9. The number of nitrogens with zero attached hydrogens (tertiary/aromatic N) is 5. The van der Waals surface area contributed by atoms with Crippen LogP contribution in [0.5, 0.6) is 5.75 Å². The first-order valence-electron chi connectivity index (χ1n) is 13.4. The molecule has 0 saturated carbocycles. The number of ether oxygens (including phenoxy) is 1. The third-order valence-electron chi connectivity index (χ3n) is 7.39. The fourth-order valence-electron chi connectivity index (χ4n) is 5.20. The first kappa shape index (κ1) is 26.7. The van der Waals surface area contributed by atoms with Gasteiger partial charge < -0.3 is 25.0 Å². The highest BCUT2D eigenvalue weighted by molar-refractivity contribution is 5.95. The molecular formula is C31H30F2N6O2. The van der Waals surface area contributed by atoms with Gasteiger partial charge in [-0.05, 0) is 66.7 Å². The van der Waals surface area contributed by atoms with Crippen molar-refractivity contribution in [2.75, 3.05) is 50.6 Å². The SMILES string of the molecule is COc1cc(N2CCN(C)CC2)ccc1Nc1cccc(-c2nn(CO)c3ccc(-c4cc(F)cc(F)c4)cc23)n1. The van der Waals surface area contributed by atoms with Crippen LogP contribution in [-0.2, 0) is 6.73 Å². The molecule has 3 aromatic carbocycles. The van der Waals surface area contributed by atoms with Crippen LogP contribution in [0.15, 0.2) is 72.8 Å². The van der Waals surface area contributed by atoms with Crippen LogP contribution in [0.4, 0.5) is 26.0 Å². The summed E-state index contributed by atoms with van der Waals surface area (Å²) in [6, 6.07) is 20.4. The molecule has 0 amide bonds. The van der Waals surface area contributed by atoms with Gasteiger partial charge in [-0.1, -0.05) is 12.1 Å². The van der Waals surface area contributed by atoms with E-state index in [1.807, 2.05) is 30.3 Å². The lowest BCUT2D eigenvalue weighted by Gasteiger charge is -2.34. The van der Waals surface area contributed by atoms with Gasteiger partial charge in [0.05, 0.1) is 24.0 Å². The summed E-state index contributed by atoms with van der Waals surface area (Å²) in [6.45, 7) is 3.61. The molecule has 6 rings (SSSR count). The summed E-state index contributed by atoms with van der Waals surface area (Å²) in [5, 5.41) is 18.6. The molecule has 210 valence electrons. The number of anilines is 3. The lowest BCUT2D eigenvalue weighted by molar-refractivity contribution is 0.201. The number of fused-ring (bicyclic) bond motifs is 1. The van der Waals surface area contributed by atoms with E-state index in [9.17, 15) is 13.9 Å². The zero-order valence-corrected chi connectivity index (χ0v) is 22.8. The fourth-order valence-corrected chi connectivity index (χ4v) is 5.20. The molecule has 1 fully saturated rings. The summed E-state index contributed by atoms with van der Waals surface area (Å²) in [4.78, 5) is 9.47. The van der Waals surface area contributed by atoms with E-state index in [0.717, 1.165) is 43.6 Å². The van der Waals surface area contributed by atoms with Gasteiger partial charge in [0.25, 0.3) is 0 Å². The molecule has 0 spiro atoms. The molecule has 41 heavy (non-hydrogen) atoms. The Labute approximate surface area is 236 Å². The molecule has 2 aromatic heterocycles. The van der Waals surface area contributed by atoms with Crippen LogP contribution in [0.3, 0.4) is 0 Å². The molecule has 8 nitrogen and oxygen atoms in total. The zero-order chi connectivity index (χ0) is 28.5. The molecule has 2 N–H and O–H groups in total. The van der Waals surface area contributed by atoms with Crippen molar-refractivity contribution in [1.29, 1.82) is 0 Å². The summed E-state index contributed by atoms with van der Waals surface area (Å²) in [6.07, 6.45) is 0. The molecule has 5 aromatic rings. The summed E-state index contributed by atoms with van der Waals surface area (Å²) in [7, 11) is 3.78. The maximum Gasteiger partial charge on any atom is 0.144 e. The van der Waals surface area contributed by atoms with E-state index in [1.165, 1.54) is 16.8 Å². The highest BCUT2D eigenvalue weighted by Gasteiger charge is 2.18. The van der Waals surface area contributed by atoms with Crippen LogP contribution in [0.1, 0.15) is 0 Å². The Morgan fingerprint density at radius 2 is 1.68 bits per heavy atom. The minimum absolute atomic E-state index is 0.334. The topological polar surface area (TPSA) is 78.7 Å². The van der Waals surface area contributed by atoms with Crippen LogP contribution < -0.4 is 15.0 Å². The molecule has 3 heterocycles. The minimum Gasteiger partial charge on any atom is -0.494 e. The Kier molecular flexibility index (Phi) is 7.25. The number of aromatic nitrogens is 3. The Morgan fingerprint density at radius 1 is 0.902 bits per heavy atom. The molecule has 0 bridgehead atoms. The number of methoxy groups -OCH3 is 1. The van der Waals surface area contributed by atoms with E-state index in [2.05, 4.69) is 33.3 Å². The third kappa shape index (κ3) is 5.44. The molecule has 10 heteroatoms. The monoisotopic (exact) mass is 556 g/mol. The molecule has 0 unspecified atom stereocenters. The van der Waals surface area contributed by atoms with Crippen molar-refractivity contribution in [3.8, 4) is 28.3 Å². The Balaban J connectivity index is 1.33. The zero-order valence-electron chi connectivity index (χ0n) is 22.8. The quantitative estimate of drug-likeness (QED) is 0.274. The van der Waals surface area contributed by atoms with E-state index < -0.39 is 11.6 Å². The van der Waals surface area contributed by atoms with Crippen molar-refractivity contribution in [1.82, 2.24) is 19.7 Å². The Bertz CT molecular complexity index is 1690.